The fraction of sp³-hybridized carbons (Fsp3) is 0. The molecule has 0 saturated heterocycles. The number of hydrogen-bond acceptors (Lipinski definition) is 2. The van der Waals surface area contributed by atoms with Gasteiger partial charge in [-0.25, -0.2) is 0 Å². The fourth-order valence-electron chi connectivity index (χ4n) is 3.11. The van der Waals surface area contributed by atoms with Gasteiger partial charge >= 0.3 is 5.13 Å². The lowest BCUT2D eigenvalue weighted by atomic mass is 10.1. The van der Waals surface area contributed by atoms with Gasteiger partial charge in [0.2, 0.25) is 0 Å². The molecule has 0 aliphatic rings. The van der Waals surface area contributed by atoms with Crippen LogP contribution in [0.1, 0.15) is 0 Å². The molecule has 0 N–H and O–H groups in total. The van der Waals surface area contributed by atoms with Crippen molar-refractivity contribution in [1.82, 2.24) is 4.98 Å². The van der Waals surface area contributed by atoms with Crippen molar-refractivity contribution in [1.29, 1.82) is 0 Å². The van der Waals surface area contributed by atoms with Gasteiger partial charge in [-0.2, -0.15) is 4.57 Å². The molecule has 108 valence electrons. The molecule has 0 radical (unpaired) electrons. The molecule has 0 atom stereocenters. The minimum absolute atomic E-state index is 1.01. The van der Waals surface area contributed by atoms with Crippen LogP contribution < -0.4 is 4.57 Å². The van der Waals surface area contributed by atoms with Crippen LogP contribution in [-0.4, -0.2) is 4.98 Å². The average Bonchev–Trinajstić information content (AvgIpc) is 3.05. The van der Waals surface area contributed by atoms with Crippen LogP contribution in [0.25, 0.3) is 37.0 Å². The average molecular weight is 313 g/mol. The smallest absolute Gasteiger partial charge is 0.186 e. The van der Waals surface area contributed by atoms with E-state index >= 15 is 0 Å². The molecule has 0 bridgehead atoms. The summed E-state index contributed by atoms with van der Waals surface area (Å²) >= 11 is 1.73. The van der Waals surface area contributed by atoms with E-state index in [2.05, 4.69) is 77.5 Å². The molecular weight excluding hydrogens is 300 g/mol. The number of pyridine rings is 1. The summed E-state index contributed by atoms with van der Waals surface area (Å²) in [5.41, 5.74) is 2.27. The largest absolute Gasteiger partial charge is 0.388 e. The van der Waals surface area contributed by atoms with E-state index in [-0.39, 0.29) is 0 Å². The van der Waals surface area contributed by atoms with Crippen LogP contribution in [0.15, 0.2) is 79.0 Å². The van der Waals surface area contributed by atoms with E-state index < -0.39 is 0 Å². The molecule has 0 unspecified atom stereocenters. The zero-order valence-electron chi connectivity index (χ0n) is 12.3. The summed E-state index contributed by atoms with van der Waals surface area (Å²) in [5, 5.41) is 4.74. The number of rotatable bonds is 1. The van der Waals surface area contributed by atoms with Gasteiger partial charge in [0.05, 0.1) is 10.9 Å². The second-order valence-electron chi connectivity index (χ2n) is 5.57. The summed E-state index contributed by atoms with van der Waals surface area (Å²) in [5.74, 6) is 0. The molecule has 3 aromatic carbocycles. The second kappa shape index (κ2) is 4.86. The summed E-state index contributed by atoms with van der Waals surface area (Å²) < 4.78 is 3.43. The number of aromatic nitrogens is 2. The Balaban J connectivity index is 1.92. The van der Waals surface area contributed by atoms with Crippen LogP contribution in [0.2, 0.25) is 0 Å². The highest BCUT2D eigenvalue weighted by atomic mass is 32.1. The maximum Gasteiger partial charge on any atom is 0.388 e. The quantitative estimate of drug-likeness (QED) is 0.318. The van der Waals surface area contributed by atoms with Crippen molar-refractivity contribution < 1.29 is 4.57 Å². The highest BCUT2D eigenvalue weighted by molar-refractivity contribution is 7.20. The maximum absolute atomic E-state index is 4.82. The molecule has 2 aromatic heterocycles. The standard InChI is InChI=1S/C20H13N2S/c1-2-8-16-14(6-1)11-12-15-7-5-13-22(19(15)16)20-21-17-9-3-4-10-18(17)23-20/h1-13H/q+1. The highest BCUT2D eigenvalue weighted by Gasteiger charge is 2.18. The van der Waals surface area contributed by atoms with Crippen LogP contribution in [0, 0.1) is 0 Å². The highest BCUT2D eigenvalue weighted by Crippen LogP contribution is 2.26. The van der Waals surface area contributed by atoms with E-state index in [4.69, 9.17) is 4.98 Å². The van der Waals surface area contributed by atoms with Gasteiger partial charge in [0.25, 0.3) is 0 Å². The van der Waals surface area contributed by atoms with Crippen LogP contribution >= 0.6 is 11.3 Å². The zero-order chi connectivity index (χ0) is 15.2. The third kappa shape index (κ3) is 1.94. The fourth-order valence-corrected chi connectivity index (χ4v) is 4.06. The van der Waals surface area contributed by atoms with Crippen molar-refractivity contribution in [3.8, 4) is 5.13 Å². The predicted octanol–water partition coefficient (Wildman–Crippen LogP) is 4.88. The topological polar surface area (TPSA) is 16.8 Å². The van der Waals surface area contributed by atoms with Gasteiger partial charge in [0.1, 0.15) is 5.52 Å². The van der Waals surface area contributed by atoms with E-state index in [9.17, 15) is 0 Å². The van der Waals surface area contributed by atoms with Gasteiger partial charge in [0, 0.05) is 10.8 Å². The van der Waals surface area contributed by atoms with Crippen molar-refractivity contribution in [2.45, 2.75) is 0 Å². The third-order valence-corrected chi connectivity index (χ3v) is 5.21. The Morgan fingerprint density at radius 2 is 1.52 bits per heavy atom. The lowest BCUT2D eigenvalue weighted by molar-refractivity contribution is -0.565. The molecule has 0 saturated carbocycles. The van der Waals surface area contributed by atoms with Gasteiger partial charge in [-0.1, -0.05) is 48.5 Å². The molecule has 0 aliphatic carbocycles. The molecule has 0 spiro atoms. The zero-order valence-corrected chi connectivity index (χ0v) is 13.1. The molecule has 3 heteroatoms. The van der Waals surface area contributed by atoms with Gasteiger partial charge < -0.3 is 0 Å². The number of fused-ring (bicyclic) bond motifs is 4. The van der Waals surface area contributed by atoms with Crippen molar-refractivity contribution in [2.75, 3.05) is 0 Å². The Morgan fingerprint density at radius 3 is 2.48 bits per heavy atom. The number of hydrogen-bond donors (Lipinski definition) is 0. The van der Waals surface area contributed by atoms with Crippen molar-refractivity contribution in [2.24, 2.45) is 0 Å². The summed E-state index contributed by atoms with van der Waals surface area (Å²) in [6.45, 7) is 0. The van der Waals surface area contributed by atoms with E-state index in [1.165, 1.54) is 26.4 Å². The molecule has 0 fully saturated rings. The van der Waals surface area contributed by atoms with E-state index in [1.807, 2.05) is 6.07 Å². The van der Waals surface area contributed by atoms with Gasteiger partial charge in [0.15, 0.2) is 5.52 Å². The van der Waals surface area contributed by atoms with E-state index in [0.717, 1.165) is 10.6 Å². The lowest BCUT2D eigenvalue weighted by Crippen LogP contribution is -2.30. The first kappa shape index (κ1) is 12.7. The van der Waals surface area contributed by atoms with Crippen molar-refractivity contribution in [3.05, 3.63) is 79.0 Å². The Bertz CT molecular complexity index is 1140. The molecule has 2 heterocycles. The maximum atomic E-state index is 4.82. The molecule has 5 rings (SSSR count). The first-order chi connectivity index (χ1) is 11.4. The van der Waals surface area contributed by atoms with Crippen molar-refractivity contribution >= 4 is 43.2 Å². The van der Waals surface area contributed by atoms with Gasteiger partial charge in [-0.15, -0.1) is 0 Å². The summed E-state index contributed by atoms with van der Waals surface area (Å²) in [4.78, 5) is 4.82. The monoisotopic (exact) mass is 313 g/mol. The van der Waals surface area contributed by atoms with Crippen LogP contribution in [-0.2, 0) is 0 Å². The Kier molecular flexibility index (Phi) is 2.69. The van der Waals surface area contributed by atoms with E-state index in [0.29, 0.717) is 0 Å². The number of nitrogens with zero attached hydrogens (tertiary/aromatic N) is 2. The number of para-hydroxylation sites is 1. The summed E-state index contributed by atoms with van der Waals surface area (Å²) in [6.07, 6.45) is 2.10. The van der Waals surface area contributed by atoms with Crippen LogP contribution in [0.4, 0.5) is 0 Å². The first-order valence-corrected chi connectivity index (χ1v) is 8.40. The Labute approximate surface area is 137 Å². The molecule has 0 aliphatic heterocycles. The Hall–Kier alpha value is -2.78. The molecule has 23 heavy (non-hydrogen) atoms. The molecule has 5 aromatic rings. The SMILES string of the molecule is c1ccc2c(c1)ccc1ccc[n+](-c3nc4ccccc4s3)c12. The minimum atomic E-state index is 1.01. The lowest BCUT2D eigenvalue weighted by Gasteiger charge is -2.04. The normalized spacial score (nSPS) is 11.5. The molecule has 2 nitrogen and oxygen atoms in total. The Morgan fingerprint density at radius 1 is 0.739 bits per heavy atom. The number of benzene rings is 3. The number of thiazole rings is 1. The van der Waals surface area contributed by atoms with Gasteiger partial charge in [-0.3, -0.25) is 0 Å². The predicted molar refractivity (Wildman–Crippen MR) is 96.2 cm³/mol. The second-order valence-corrected chi connectivity index (χ2v) is 6.58. The van der Waals surface area contributed by atoms with Crippen LogP contribution in [0.5, 0.6) is 0 Å². The summed E-state index contributed by atoms with van der Waals surface area (Å²) in [7, 11) is 0. The minimum Gasteiger partial charge on any atom is -0.186 e. The molecular formula is C20H13N2S+. The van der Waals surface area contributed by atoms with Crippen LogP contribution in [0.3, 0.4) is 0 Å². The summed E-state index contributed by atoms with van der Waals surface area (Å²) in [6, 6.07) is 25.4. The van der Waals surface area contributed by atoms with Gasteiger partial charge in [-0.05, 0) is 46.0 Å². The third-order valence-electron chi connectivity index (χ3n) is 4.17. The van der Waals surface area contributed by atoms with Crippen molar-refractivity contribution in [3.63, 3.8) is 0 Å². The molecule has 0 amide bonds. The first-order valence-electron chi connectivity index (χ1n) is 7.58. The van der Waals surface area contributed by atoms with E-state index in [1.54, 1.807) is 11.3 Å².